The first kappa shape index (κ1) is 9.25. The lowest BCUT2D eigenvalue weighted by Gasteiger charge is -2.00. The number of hydrogen-bond donors (Lipinski definition) is 1. The minimum Gasteiger partial charge on any atom is -0.298 e. The van der Waals surface area contributed by atoms with Gasteiger partial charge in [-0.15, -0.1) is 0 Å². The van der Waals surface area contributed by atoms with Crippen LogP contribution in [0, 0.1) is 0 Å². The van der Waals surface area contributed by atoms with Crippen LogP contribution in [0.2, 0.25) is 0 Å². The number of anilines is 1. The van der Waals surface area contributed by atoms with E-state index in [0.717, 1.165) is 0 Å². The Kier molecular flexibility index (Phi) is 3.50. The zero-order valence-electron chi connectivity index (χ0n) is 7.23. The van der Waals surface area contributed by atoms with Crippen LogP contribution in [0.4, 0.5) is 10.5 Å². The minimum absolute atomic E-state index is 0.593. The van der Waals surface area contributed by atoms with Crippen molar-refractivity contribution in [2.75, 3.05) is 5.32 Å². The van der Waals surface area contributed by atoms with Gasteiger partial charge < -0.3 is 0 Å². The fourth-order valence-electron chi connectivity index (χ4n) is 0.763. The molecular formula is C9H10N2O2. The minimum atomic E-state index is -0.593. The van der Waals surface area contributed by atoms with Crippen molar-refractivity contribution in [3.8, 4) is 0 Å². The Hall–Kier alpha value is -1.84. The van der Waals surface area contributed by atoms with Crippen LogP contribution in [-0.4, -0.2) is 12.3 Å². The van der Waals surface area contributed by atoms with Gasteiger partial charge in [0.1, 0.15) is 0 Å². The molecule has 4 nitrogen and oxygen atoms in total. The fourth-order valence-corrected chi connectivity index (χ4v) is 0.763. The number of oxime groups is 1. The molecule has 0 aromatic heterocycles. The van der Waals surface area contributed by atoms with Gasteiger partial charge in [0, 0.05) is 11.9 Å². The SMILES string of the molecule is CC=NOC(=O)Nc1ccccc1. The van der Waals surface area contributed by atoms with E-state index in [1.54, 1.807) is 19.1 Å². The third-order valence-electron chi connectivity index (χ3n) is 1.26. The number of benzene rings is 1. The lowest BCUT2D eigenvalue weighted by atomic mass is 10.3. The fraction of sp³-hybridized carbons (Fsp3) is 0.111. The molecular weight excluding hydrogens is 168 g/mol. The average molecular weight is 178 g/mol. The largest absolute Gasteiger partial charge is 0.437 e. The lowest BCUT2D eigenvalue weighted by Crippen LogP contribution is -2.10. The van der Waals surface area contributed by atoms with Gasteiger partial charge in [-0.1, -0.05) is 23.4 Å². The molecule has 0 aliphatic heterocycles. The van der Waals surface area contributed by atoms with Crippen LogP contribution in [0.25, 0.3) is 0 Å². The van der Waals surface area contributed by atoms with Gasteiger partial charge in [-0.05, 0) is 19.1 Å². The second-order valence-corrected chi connectivity index (χ2v) is 2.23. The van der Waals surface area contributed by atoms with Crippen LogP contribution >= 0.6 is 0 Å². The van der Waals surface area contributed by atoms with Gasteiger partial charge in [0.2, 0.25) is 0 Å². The molecule has 0 saturated heterocycles. The number of nitrogens with zero attached hydrogens (tertiary/aromatic N) is 1. The summed E-state index contributed by atoms with van der Waals surface area (Å²) in [6, 6.07) is 9.02. The standard InChI is InChI=1S/C9H10N2O2/c1-2-10-13-9(12)11-8-6-4-3-5-7-8/h2-7H,1H3,(H,11,12). The zero-order valence-corrected chi connectivity index (χ0v) is 7.23. The Bertz CT molecular complexity index is 296. The summed E-state index contributed by atoms with van der Waals surface area (Å²) in [7, 11) is 0. The molecule has 4 heteroatoms. The predicted molar refractivity (Wildman–Crippen MR) is 50.7 cm³/mol. The highest BCUT2D eigenvalue weighted by molar-refractivity contribution is 5.84. The van der Waals surface area contributed by atoms with E-state index in [0.29, 0.717) is 5.69 Å². The van der Waals surface area contributed by atoms with E-state index >= 15 is 0 Å². The molecule has 0 fully saturated rings. The van der Waals surface area contributed by atoms with Crippen LogP contribution in [0.15, 0.2) is 35.5 Å². The number of para-hydroxylation sites is 1. The van der Waals surface area contributed by atoms with Crippen LogP contribution in [-0.2, 0) is 4.84 Å². The highest BCUT2D eigenvalue weighted by Gasteiger charge is 1.99. The van der Waals surface area contributed by atoms with Crippen molar-refractivity contribution in [2.24, 2.45) is 5.16 Å². The Morgan fingerprint density at radius 2 is 2.15 bits per heavy atom. The van der Waals surface area contributed by atoms with Crippen LogP contribution in [0.1, 0.15) is 6.92 Å². The van der Waals surface area contributed by atoms with Crippen molar-refractivity contribution >= 4 is 18.0 Å². The molecule has 0 spiro atoms. The average Bonchev–Trinajstić information content (AvgIpc) is 2.16. The van der Waals surface area contributed by atoms with E-state index in [1.807, 2.05) is 18.2 Å². The number of nitrogens with one attached hydrogen (secondary N) is 1. The number of amides is 1. The molecule has 1 amide bonds. The van der Waals surface area contributed by atoms with Crippen LogP contribution in [0.3, 0.4) is 0 Å². The Labute approximate surface area is 76.2 Å². The van der Waals surface area contributed by atoms with E-state index in [2.05, 4.69) is 15.3 Å². The van der Waals surface area contributed by atoms with Crippen molar-refractivity contribution in [2.45, 2.75) is 6.92 Å². The van der Waals surface area contributed by atoms with Crippen molar-refractivity contribution in [3.05, 3.63) is 30.3 Å². The predicted octanol–water partition coefficient (Wildman–Crippen LogP) is 2.24. The summed E-state index contributed by atoms with van der Waals surface area (Å²) in [5.41, 5.74) is 0.679. The lowest BCUT2D eigenvalue weighted by molar-refractivity contribution is 0.167. The molecule has 68 valence electrons. The summed E-state index contributed by atoms with van der Waals surface area (Å²) in [4.78, 5) is 15.3. The summed E-state index contributed by atoms with van der Waals surface area (Å²) in [6.07, 6.45) is 0.800. The van der Waals surface area contributed by atoms with Crippen molar-refractivity contribution in [1.82, 2.24) is 0 Å². The van der Waals surface area contributed by atoms with Gasteiger partial charge in [0.25, 0.3) is 0 Å². The van der Waals surface area contributed by atoms with Gasteiger partial charge in [-0.2, -0.15) is 0 Å². The van der Waals surface area contributed by atoms with E-state index in [9.17, 15) is 4.79 Å². The molecule has 0 heterocycles. The van der Waals surface area contributed by atoms with Crippen molar-refractivity contribution < 1.29 is 9.63 Å². The first-order chi connectivity index (χ1) is 6.33. The van der Waals surface area contributed by atoms with Gasteiger partial charge >= 0.3 is 6.09 Å². The molecule has 13 heavy (non-hydrogen) atoms. The molecule has 1 rings (SSSR count). The Morgan fingerprint density at radius 3 is 2.77 bits per heavy atom. The molecule has 0 atom stereocenters. The van der Waals surface area contributed by atoms with E-state index in [4.69, 9.17) is 0 Å². The summed E-state index contributed by atoms with van der Waals surface area (Å²) < 4.78 is 0. The summed E-state index contributed by atoms with van der Waals surface area (Å²) in [6.45, 7) is 1.66. The summed E-state index contributed by atoms with van der Waals surface area (Å²) >= 11 is 0. The van der Waals surface area contributed by atoms with Gasteiger partial charge in [-0.3, -0.25) is 10.2 Å². The first-order valence-electron chi connectivity index (χ1n) is 3.84. The quantitative estimate of drug-likeness (QED) is 0.429. The van der Waals surface area contributed by atoms with Crippen LogP contribution < -0.4 is 5.32 Å². The molecule has 0 bridgehead atoms. The third kappa shape index (κ3) is 3.37. The molecule has 0 unspecified atom stereocenters. The molecule has 0 radical (unpaired) electrons. The number of rotatable bonds is 2. The molecule has 1 N–H and O–H groups in total. The zero-order chi connectivity index (χ0) is 9.52. The maximum Gasteiger partial charge on any atom is 0.437 e. The third-order valence-corrected chi connectivity index (χ3v) is 1.26. The second-order valence-electron chi connectivity index (χ2n) is 2.23. The molecule has 0 saturated carbocycles. The van der Waals surface area contributed by atoms with Crippen LogP contribution in [0.5, 0.6) is 0 Å². The van der Waals surface area contributed by atoms with E-state index in [1.165, 1.54) is 6.21 Å². The van der Waals surface area contributed by atoms with Crippen molar-refractivity contribution in [1.29, 1.82) is 0 Å². The van der Waals surface area contributed by atoms with E-state index < -0.39 is 6.09 Å². The topological polar surface area (TPSA) is 50.7 Å². The van der Waals surface area contributed by atoms with Gasteiger partial charge in [0.15, 0.2) is 0 Å². The van der Waals surface area contributed by atoms with Gasteiger partial charge in [-0.25, -0.2) is 4.79 Å². The number of carbonyl (C=O) groups excluding carboxylic acids is 1. The summed E-state index contributed by atoms with van der Waals surface area (Å²) in [5.74, 6) is 0. The maximum atomic E-state index is 10.9. The summed E-state index contributed by atoms with van der Waals surface area (Å²) in [5, 5.41) is 5.83. The Balaban J connectivity index is 2.46. The second kappa shape index (κ2) is 4.92. The molecule has 0 aliphatic carbocycles. The Morgan fingerprint density at radius 1 is 1.46 bits per heavy atom. The van der Waals surface area contributed by atoms with E-state index in [-0.39, 0.29) is 0 Å². The first-order valence-corrected chi connectivity index (χ1v) is 3.84. The smallest absolute Gasteiger partial charge is 0.298 e. The maximum absolute atomic E-state index is 10.9. The molecule has 1 aromatic carbocycles. The molecule has 1 aromatic rings. The van der Waals surface area contributed by atoms with Crippen molar-refractivity contribution in [3.63, 3.8) is 0 Å². The monoisotopic (exact) mass is 178 g/mol. The molecule has 0 aliphatic rings. The number of hydrogen-bond acceptors (Lipinski definition) is 3. The normalized spacial score (nSPS) is 9.92. The highest BCUT2D eigenvalue weighted by Crippen LogP contribution is 2.04. The number of carbonyl (C=O) groups is 1. The van der Waals surface area contributed by atoms with Gasteiger partial charge in [0.05, 0.1) is 0 Å². The highest BCUT2D eigenvalue weighted by atomic mass is 16.7.